The summed E-state index contributed by atoms with van der Waals surface area (Å²) in [7, 11) is 0. The summed E-state index contributed by atoms with van der Waals surface area (Å²) in [5.74, 6) is 3.41. The first-order valence-corrected chi connectivity index (χ1v) is 21.0. The Hall–Kier alpha value is -5.66. The van der Waals surface area contributed by atoms with Crippen molar-refractivity contribution in [1.29, 1.82) is 0 Å². The van der Waals surface area contributed by atoms with Crippen LogP contribution in [0, 0.1) is 23.7 Å². The molecule has 0 atom stereocenters. The van der Waals surface area contributed by atoms with Crippen LogP contribution >= 0.6 is 0 Å². The fourth-order valence-electron chi connectivity index (χ4n) is 13.0. The van der Waals surface area contributed by atoms with Gasteiger partial charge in [-0.05, 0) is 142 Å². The molecule has 6 aliphatic rings. The van der Waals surface area contributed by atoms with Crippen molar-refractivity contribution in [2.45, 2.75) is 56.8 Å². The van der Waals surface area contributed by atoms with Crippen molar-refractivity contribution < 1.29 is 0 Å². The molecule has 0 aliphatic heterocycles. The van der Waals surface area contributed by atoms with Crippen molar-refractivity contribution in [3.05, 3.63) is 186 Å². The van der Waals surface area contributed by atoms with Gasteiger partial charge in [0.15, 0.2) is 0 Å². The largest absolute Gasteiger partial charge is 0.309 e. The lowest BCUT2D eigenvalue weighted by atomic mass is 9.43. The Labute approximate surface area is 331 Å². The Morgan fingerprint density at radius 3 is 1.71 bits per heavy atom. The van der Waals surface area contributed by atoms with Crippen LogP contribution in [0.3, 0.4) is 0 Å². The van der Waals surface area contributed by atoms with Gasteiger partial charge in [-0.2, -0.15) is 0 Å². The number of benzene rings is 7. The second-order valence-corrected chi connectivity index (χ2v) is 18.1. The molecule has 6 aliphatic carbocycles. The fraction of sp³-hybridized carbons (Fsp3) is 0.236. The lowest BCUT2D eigenvalue weighted by molar-refractivity contribution is -0.0399. The summed E-state index contributed by atoms with van der Waals surface area (Å²) in [6, 6.07) is 62.2. The smallest absolute Gasteiger partial charge is 0.0543 e. The molecule has 4 saturated carbocycles. The lowest BCUT2D eigenvalue weighted by Crippen LogP contribution is -2.55. The third-order valence-corrected chi connectivity index (χ3v) is 15.1. The maximum atomic E-state index is 2.57. The van der Waals surface area contributed by atoms with E-state index in [2.05, 4.69) is 183 Å². The second kappa shape index (κ2) is 11.9. The van der Waals surface area contributed by atoms with Gasteiger partial charge in [0.2, 0.25) is 0 Å². The van der Waals surface area contributed by atoms with Gasteiger partial charge in [-0.15, -0.1) is 0 Å². The number of nitrogens with zero attached hydrogens (tertiary/aromatic N) is 1. The van der Waals surface area contributed by atoms with Gasteiger partial charge in [0.25, 0.3) is 0 Å². The van der Waals surface area contributed by atoms with Crippen molar-refractivity contribution in [1.82, 2.24) is 0 Å². The Morgan fingerprint density at radius 1 is 0.411 bits per heavy atom. The van der Waals surface area contributed by atoms with E-state index < -0.39 is 0 Å². The van der Waals surface area contributed by atoms with Crippen LogP contribution in [-0.2, 0) is 10.8 Å². The van der Waals surface area contributed by atoms with Crippen molar-refractivity contribution in [3.63, 3.8) is 0 Å². The summed E-state index contributed by atoms with van der Waals surface area (Å²) < 4.78 is 0. The zero-order chi connectivity index (χ0) is 37.2. The first-order chi connectivity index (χ1) is 27.5. The van der Waals surface area contributed by atoms with Crippen LogP contribution in [0.25, 0.3) is 44.5 Å². The molecule has 13 rings (SSSR count). The summed E-state index contributed by atoms with van der Waals surface area (Å²) in [6.45, 7) is 4.76. The van der Waals surface area contributed by atoms with Crippen LogP contribution in [0.15, 0.2) is 164 Å². The number of fused-ring (bicyclic) bond motifs is 6. The molecular weight excluding hydrogens is 675 g/mol. The quantitative estimate of drug-likeness (QED) is 0.171. The Bertz CT molecular complexity index is 2650. The predicted octanol–water partition coefficient (Wildman–Crippen LogP) is 14.5. The topological polar surface area (TPSA) is 3.24 Å². The number of para-hydroxylation sites is 1. The number of rotatable bonds is 5. The van der Waals surface area contributed by atoms with Gasteiger partial charge in [-0.1, -0.05) is 147 Å². The molecule has 0 heterocycles. The first kappa shape index (κ1) is 32.6. The average molecular weight is 722 g/mol. The molecule has 272 valence electrons. The molecule has 1 spiro atoms. The van der Waals surface area contributed by atoms with E-state index in [-0.39, 0.29) is 10.8 Å². The van der Waals surface area contributed by atoms with Crippen LogP contribution in [0.5, 0.6) is 0 Å². The summed E-state index contributed by atoms with van der Waals surface area (Å²) in [4.78, 5) is 2.54. The summed E-state index contributed by atoms with van der Waals surface area (Å²) >= 11 is 0. The zero-order valence-corrected chi connectivity index (χ0v) is 32.4. The van der Waals surface area contributed by atoms with Gasteiger partial charge in [0.1, 0.15) is 0 Å². The molecular formula is C55H47N. The Kier molecular flexibility index (Phi) is 6.93. The molecule has 56 heavy (non-hydrogen) atoms. The molecule has 7 aromatic carbocycles. The van der Waals surface area contributed by atoms with E-state index >= 15 is 0 Å². The zero-order valence-electron chi connectivity index (χ0n) is 32.4. The molecule has 0 saturated heterocycles. The van der Waals surface area contributed by atoms with E-state index in [4.69, 9.17) is 0 Å². The molecule has 1 heteroatoms. The van der Waals surface area contributed by atoms with E-state index in [1.54, 1.807) is 11.1 Å². The minimum Gasteiger partial charge on any atom is -0.309 e. The van der Waals surface area contributed by atoms with E-state index in [0.717, 1.165) is 29.4 Å². The van der Waals surface area contributed by atoms with Gasteiger partial charge >= 0.3 is 0 Å². The van der Waals surface area contributed by atoms with E-state index in [1.807, 2.05) is 0 Å². The van der Waals surface area contributed by atoms with Crippen LogP contribution < -0.4 is 4.90 Å². The van der Waals surface area contributed by atoms with Crippen LogP contribution in [0.1, 0.15) is 68.2 Å². The molecule has 4 bridgehead atoms. The van der Waals surface area contributed by atoms with Gasteiger partial charge < -0.3 is 4.90 Å². The van der Waals surface area contributed by atoms with E-state index in [0.29, 0.717) is 0 Å². The highest BCUT2D eigenvalue weighted by atomic mass is 15.1. The molecule has 0 unspecified atom stereocenters. The minimum absolute atomic E-state index is 0.0917. The van der Waals surface area contributed by atoms with Gasteiger partial charge in [-0.25, -0.2) is 0 Å². The van der Waals surface area contributed by atoms with Crippen LogP contribution in [-0.4, -0.2) is 0 Å². The molecule has 4 fully saturated rings. The van der Waals surface area contributed by atoms with Gasteiger partial charge in [-0.3, -0.25) is 0 Å². The molecule has 0 aromatic heterocycles. The van der Waals surface area contributed by atoms with Gasteiger partial charge in [0, 0.05) is 27.6 Å². The minimum atomic E-state index is -0.0917. The fourth-order valence-corrected chi connectivity index (χ4v) is 13.0. The van der Waals surface area contributed by atoms with Crippen LogP contribution in [0.2, 0.25) is 0 Å². The maximum Gasteiger partial charge on any atom is 0.0543 e. The maximum absolute atomic E-state index is 2.57. The van der Waals surface area contributed by atoms with E-state index in [1.165, 1.54) is 99.1 Å². The van der Waals surface area contributed by atoms with Crippen molar-refractivity contribution in [2.75, 3.05) is 4.90 Å². The monoisotopic (exact) mass is 721 g/mol. The highest BCUT2D eigenvalue weighted by Crippen LogP contribution is 2.69. The highest BCUT2D eigenvalue weighted by molar-refractivity contribution is 5.98. The second-order valence-electron chi connectivity index (χ2n) is 18.1. The third-order valence-electron chi connectivity index (χ3n) is 15.1. The number of hydrogen-bond donors (Lipinski definition) is 0. The van der Waals surface area contributed by atoms with Crippen molar-refractivity contribution >= 4 is 17.1 Å². The highest BCUT2D eigenvalue weighted by Gasteiger charge is 2.61. The lowest BCUT2D eigenvalue weighted by Gasteiger charge is -2.61. The standard InChI is InChI=1S/C55H47N/c1-54(2)47-18-9-7-17-45(47)53-50(54)20-12-22-52(53)56(42-26-23-38(24-27-42)37-13-4-3-5-14-37)51-21-11-8-15-43(51)39-25-28-49-46(34-39)44-16-6-10-19-48(44)55(49)40-30-35-29-36(32-40)33-41(55)31-35/h3-28,34-36,40-41H,29-33H2,1-2H3. The SMILES string of the molecule is CC1(C)c2ccccc2-c2c(N(c3ccc(-c4ccccc4)cc3)c3ccccc3-c3ccc4c(c3)-c3ccccc3C43C4CC5CC(C4)CC3C5)cccc21. The normalized spacial score (nSPS) is 24.1. The molecule has 0 radical (unpaired) electrons. The summed E-state index contributed by atoms with van der Waals surface area (Å²) in [5, 5.41) is 0. The first-order valence-electron chi connectivity index (χ1n) is 21.0. The number of hydrogen-bond acceptors (Lipinski definition) is 1. The van der Waals surface area contributed by atoms with Crippen LogP contribution in [0.4, 0.5) is 17.1 Å². The molecule has 1 nitrogen and oxygen atoms in total. The number of anilines is 3. The summed E-state index contributed by atoms with van der Waals surface area (Å²) in [5.41, 5.74) is 20.3. The third kappa shape index (κ3) is 4.43. The van der Waals surface area contributed by atoms with Gasteiger partial charge in [0.05, 0.1) is 11.4 Å². The van der Waals surface area contributed by atoms with E-state index in [9.17, 15) is 0 Å². The molecule has 0 amide bonds. The summed E-state index contributed by atoms with van der Waals surface area (Å²) in [6.07, 6.45) is 7.11. The van der Waals surface area contributed by atoms with Crippen molar-refractivity contribution in [3.8, 4) is 44.5 Å². The Balaban J connectivity index is 1.05. The van der Waals surface area contributed by atoms with Crippen molar-refractivity contribution in [2.24, 2.45) is 23.7 Å². The predicted molar refractivity (Wildman–Crippen MR) is 233 cm³/mol. The molecule has 0 N–H and O–H groups in total. The average Bonchev–Trinajstić information content (AvgIpc) is 3.66. The molecule has 7 aromatic rings. The Morgan fingerprint density at radius 2 is 0.964 bits per heavy atom.